The van der Waals surface area contributed by atoms with Gasteiger partial charge in [0.05, 0.1) is 6.61 Å². The first-order valence-electron chi connectivity index (χ1n) is 4.19. The summed E-state index contributed by atoms with van der Waals surface area (Å²) in [6.45, 7) is -0.725. The number of aliphatic carboxylic acids is 1. The van der Waals surface area contributed by atoms with Crippen molar-refractivity contribution in [2.45, 2.75) is 30.1 Å². The molecule has 0 saturated carbocycles. The number of aliphatic hydroxyl groups excluding tert-OH is 4. The fourth-order valence-corrected chi connectivity index (χ4v) is 1.37. The van der Waals surface area contributed by atoms with E-state index in [0.29, 0.717) is 0 Å². The van der Waals surface area contributed by atoms with Gasteiger partial charge in [0, 0.05) is 0 Å². The molecule has 2 unspecified atom stereocenters. The lowest BCUT2D eigenvalue weighted by atomic mass is 9.91. The van der Waals surface area contributed by atoms with Crippen LogP contribution in [0.2, 0.25) is 0 Å². The summed E-state index contributed by atoms with van der Waals surface area (Å²) >= 11 is 0. The summed E-state index contributed by atoms with van der Waals surface area (Å²) in [6, 6.07) is 0. The maximum atomic E-state index is 10.7. The highest BCUT2D eigenvalue weighted by Crippen LogP contribution is 2.26. The summed E-state index contributed by atoms with van der Waals surface area (Å²) < 4.78 is 4.65. The number of carboxylic acid groups (broad SMARTS) is 1. The molecule has 1 rings (SSSR count). The molecule has 0 radical (unpaired) electrons. The Kier molecular flexibility index (Phi) is 3.28. The van der Waals surface area contributed by atoms with E-state index < -0.39 is 42.7 Å². The second-order valence-electron chi connectivity index (χ2n) is 3.36. The van der Waals surface area contributed by atoms with Gasteiger partial charge in [-0.2, -0.15) is 0 Å². The molecule has 0 aliphatic carbocycles. The minimum absolute atomic E-state index is 0.725. The van der Waals surface area contributed by atoms with E-state index in [4.69, 9.17) is 15.9 Å². The number of ether oxygens (including phenoxy) is 1. The SMILES string of the molecule is N[C@@]1(C(=O)O)OC(CO)[C@@H](O)[C@H](O)C1O. The maximum absolute atomic E-state index is 10.7. The van der Waals surface area contributed by atoms with Crippen LogP contribution in [0.3, 0.4) is 0 Å². The number of hydrogen-bond acceptors (Lipinski definition) is 7. The van der Waals surface area contributed by atoms with Gasteiger partial charge in [-0.15, -0.1) is 0 Å². The third-order valence-electron chi connectivity index (χ3n) is 2.35. The topological polar surface area (TPSA) is 153 Å². The molecule has 0 bridgehead atoms. The standard InChI is InChI=1S/C7H13NO7/c8-7(6(13)14)5(12)4(11)3(10)2(1-9)15-7/h2-5,9-12H,1,8H2,(H,13,14)/t2?,3-,4+,5?,7-/m1/s1. The zero-order valence-corrected chi connectivity index (χ0v) is 7.65. The Morgan fingerprint density at radius 3 is 2.27 bits per heavy atom. The van der Waals surface area contributed by atoms with Gasteiger partial charge in [0.2, 0.25) is 5.72 Å². The van der Waals surface area contributed by atoms with Crippen LogP contribution in [-0.2, 0) is 9.53 Å². The Labute approximate surface area is 84.5 Å². The van der Waals surface area contributed by atoms with E-state index in [1.54, 1.807) is 0 Å². The van der Waals surface area contributed by atoms with Crippen LogP contribution in [0.5, 0.6) is 0 Å². The van der Waals surface area contributed by atoms with Crippen LogP contribution in [0.15, 0.2) is 0 Å². The van der Waals surface area contributed by atoms with Crippen LogP contribution in [0, 0.1) is 0 Å². The van der Waals surface area contributed by atoms with Crippen molar-refractivity contribution in [3.8, 4) is 0 Å². The van der Waals surface area contributed by atoms with Crippen LogP contribution < -0.4 is 5.73 Å². The minimum Gasteiger partial charge on any atom is -0.478 e. The molecule has 0 amide bonds. The average molecular weight is 223 g/mol. The van der Waals surface area contributed by atoms with Gasteiger partial charge in [-0.05, 0) is 0 Å². The third kappa shape index (κ3) is 1.83. The first kappa shape index (κ1) is 12.3. The van der Waals surface area contributed by atoms with Gasteiger partial charge >= 0.3 is 5.97 Å². The molecule has 15 heavy (non-hydrogen) atoms. The fraction of sp³-hybridized carbons (Fsp3) is 0.857. The molecule has 0 aromatic heterocycles. The highest BCUT2D eigenvalue weighted by atomic mass is 16.6. The predicted molar refractivity (Wildman–Crippen MR) is 44.5 cm³/mol. The molecular formula is C7H13NO7. The first-order valence-corrected chi connectivity index (χ1v) is 4.19. The smallest absolute Gasteiger partial charge is 0.354 e. The van der Waals surface area contributed by atoms with Crippen molar-refractivity contribution in [2.24, 2.45) is 5.73 Å². The Balaban J connectivity index is 2.97. The quantitative estimate of drug-likeness (QED) is 0.278. The van der Waals surface area contributed by atoms with E-state index in [-0.39, 0.29) is 0 Å². The molecule has 0 aromatic rings. The van der Waals surface area contributed by atoms with Crippen molar-refractivity contribution >= 4 is 5.97 Å². The van der Waals surface area contributed by atoms with Crippen LogP contribution in [0.25, 0.3) is 0 Å². The molecule has 88 valence electrons. The summed E-state index contributed by atoms with van der Waals surface area (Å²) in [5.41, 5.74) is 2.67. The second-order valence-corrected chi connectivity index (χ2v) is 3.36. The van der Waals surface area contributed by atoms with Crippen molar-refractivity contribution in [1.29, 1.82) is 0 Å². The van der Waals surface area contributed by atoms with Crippen molar-refractivity contribution in [2.75, 3.05) is 6.61 Å². The third-order valence-corrected chi connectivity index (χ3v) is 2.35. The second kappa shape index (κ2) is 4.00. The van der Waals surface area contributed by atoms with Crippen LogP contribution in [0.1, 0.15) is 0 Å². The molecule has 1 saturated heterocycles. The average Bonchev–Trinajstić information content (AvgIpc) is 2.20. The largest absolute Gasteiger partial charge is 0.478 e. The number of aliphatic hydroxyl groups is 4. The normalized spacial score (nSPS) is 46.5. The lowest BCUT2D eigenvalue weighted by molar-refractivity contribution is -0.271. The van der Waals surface area contributed by atoms with E-state index >= 15 is 0 Å². The number of rotatable bonds is 2. The van der Waals surface area contributed by atoms with E-state index in [2.05, 4.69) is 4.74 Å². The molecule has 7 N–H and O–H groups in total. The minimum atomic E-state index is -2.54. The van der Waals surface area contributed by atoms with Gasteiger partial charge in [-0.1, -0.05) is 0 Å². The number of hydrogen-bond donors (Lipinski definition) is 6. The predicted octanol–water partition coefficient (Wildman–Crippen LogP) is -3.80. The number of nitrogens with two attached hydrogens (primary N) is 1. The molecule has 1 heterocycles. The van der Waals surface area contributed by atoms with Crippen LogP contribution in [0.4, 0.5) is 0 Å². The molecule has 1 aliphatic rings. The Hall–Kier alpha value is -0.770. The highest BCUT2D eigenvalue weighted by Gasteiger charge is 2.55. The van der Waals surface area contributed by atoms with Gasteiger partial charge < -0.3 is 30.3 Å². The molecule has 1 fully saturated rings. The Morgan fingerprint density at radius 2 is 1.87 bits per heavy atom. The number of carboxylic acids is 1. The summed E-state index contributed by atoms with van der Waals surface area (Å²) in [5, 5.41) is 45.4. The summed E-state index contributed by atoms with van der Waals surface area (Å²) in [7, 11) is 0. The molecule has 8 nitrogen and oxygen atoms in total. The lowest BCUT2D eigenvalue weighted by Crippen LogP contribution is -2.72. The van der Waals surface area contributed by atoms with Crippen molar-refractivity contribution in [3.63, 3.8) is 0 Å². The maximum Gasteiger partial charge on any atom is 0.354 e. The summed E-state index contributed by atoms with van der Waals surface area (Å²) in [6.07, 6.45) is -6.73. The fourth-order valence-electron chi connectivity index (χ4n) is 1.37. The van der Waals surface area contributed by atoms with Crippen molar-refractivity contribution in [3.05, 3.63) is 0 Å². The Morgan fingerprint density at radius 1 is 1.33 bits per heavy atom. The molecule has 0 spiro atoms. The van der Waals surface area contributed by atoms with Gasteiger partial charge in [0.25, 0.3) is 0 Å². The van der Waals surface area contributed by atoms with E-state index in [9.17, 15) is 20.1 Å². The highest BCUT2D eigenvalue weighted by molar-refractivity contribution is 5.77. The van der Waals surface area contributed by atoms with Crippen molar-refractivity contribution < 1.29 is 35.1 Å². The van der Waals surface area contributed by atoms with E-state index in [1.807, 2.05) is 0 Å². The van der Waals surface area contributed by atoms with Crippen molar-refractivity contribution in [1.82, 2.24) is 0 Å². The lowest BCUT2D eigenvalue weighted by Gasteiger charge is -2.43. The summed E-state index contributed by atoms with van der Waals surface area (Å²) in [5.74, 6) is -1.69. The molecule has 5 atom stereocenters. The van der Waals surface area contributed by atoms with Gasteiger partial charge in [-0.25, -0.2) is 4.79 Å². The van der Waals surface area contributed by atoms with Gasteiger partial charge in [0.1, 0.15) is 24.4 Å². The first-order chi connectivity index (χ1) is 6.84. The van der Waals surface area contributed by atoms with Gasteiger partial charge in [-0.3, -0.25) is 5.73 Å². The van der Waals surface area contributed by atoms with Crippen LogP contribution >= 0.6 is 0 Å². The monoisotopic (exact) mass is 223 g/mol. The molecule has 1 aliphatic heterocycles. The van der Waals surface area contributed by atoms with E-state index in [0.717, 1.165) is 0 Å². The Bertz CT molecular complexity index is 258. The van der Waals surface area contributed by atoms with Crippen LogP contribution in [-0.4, -0.2) is 68.2 Å². The zero-order chi connectivity index (χ0) is 11.8. The van der Waals surface area contributed by atoms with Gasteiger partial charge in [0.15, 0.2) is 0 Å². The molecular weight excluding hydrogens is 210 g/mol. The zero-order valence-electron chi connectivity index (χ0n) is 7.65. The number of carbonyl (C=O) groups is 1. The van der Waals surface area contributed by atoms with E-state index in [1.165, 1.54) is 0 Å². The molecule has 8 heteroatoms. The molecule has 0 aromatic carbocycles. The summed E-state index contributed by atoms with van der Waals surface area (Å²) in [4.78, 5) is 10.7.